The maximum absolute atomic E-state index is 12.0. The van der Waals surface area contributed by atoms with Crippen molar-refractivity contribution in [3.8, 4) is 5.75 Å². The van der Waals surface area contributed by atoms with Gasteiger partial charge in [0.05, 0.1) is 24.2 Å². The molecule has 0 bridgehead atoms. The molecule has 2 fully saturated rings. The summed E-state index contributed by atoms with van der Waals surface area (Å²) in [6.07, 6.45) is 7.34. The first-order valence-corrected chi connectivity index (χ1v) is 12.1. The maximum Gasteiger partial charge on any atom is 0.309 e. The number of likely N-dealkylation sites (tertiary alicyclic amines) is 1. The molecule has 5 heteroatoms. The molecule has 5 nitrogen and oxygen atoms in total. The molecule has 1 aliphatic carbocycles. The molecule has 2 aromatic carbocycles. The van der Waals surface area contributed by atoms with Crippen molar-refractivity contribution in [2.24, 2.45) is 11.8 Å². The first kappa shape index (κ1) is 22.8. The van der Waals surface area contributed by atoms with Crippen molar-refractivity contribution in [2.75, 3.05) is 19.7 Å². The van der Waals surface area contributed by atoms with Crippen LogP contribution in [0.5, 0.6) is 5.75 Å². The van der Waals surface area contributed by atoms with Crippen LogP contribution in [0.2, 0.25) is 0 Å². The van der Waals surface area contributed by atoms with E-state index in [1.54, 1.807) is 0 Å². The molecule has 0 N–H and O–H groups in total. The fraction of sp³-hybridized carbons (Fsp3) is 0.556. The molecular weight excluding hydrogens is 402 g/mol. The Morgan fingerprint density at radius 2 is 1.81 bits per heavy atom. The van der Waals surface area contributed by atoms with Crippen molar-refractivity contribution in [1.82, 2.24) is 4.90 Å². The van der Waals surface area contributed by atoms with Crippen molar-refractivity contribution in [3.05, 3.63) is 41.5 Å². The normalized spacial score (nSPS) is 22.6. The van der Waals surface area contributed by atoms with E-state index in [4.69, 9.17) is 9.47 Å². The van der Waals surface area contributed by atoms with Crippen LogP contribution in [0.4, 0.5) is 0 Å². The summed E-state index contributed by atoms with van der Waals surface area (Å²) in [4.78, 5) is 26.3. The Kier molecular flexibility index (Phi) is 7.46. The monoisotopic (exact) mass is 437 g/mol. The summed E-state index contributed by atoms with van der Waals surface area (Å²) in [5, 5.41) is 2.02. The van der Waals surface area contributed by atoms with Crippen molar-refractivity contribution >= 4 is 23.0 Å². The van der Waals surface area contributed by atoms with Gasteiger partial charge in [-0.25, -0.2) is 0 Å². The van der Waals surface area contributed by atoms with Gasteiger partial charge in [-0.15, -0.1) is 0 Å². The van der Waals surface area contributed by atoms with Crippen LogP contribution in [0.1, 0.15) is 68.3 Å². The standard InChI is InChI=1S/C27H35NO4/c1-3-31-27(30)21-12-14-28(15-13-21)17-20-6-10-24-22(16-20)7-11-26(25(24)18-29)32-23-8-4-19(2)5-9-23/h6-7,10-11,16,18-19,21,23H,3-5,8-9,12-15,17H2,1-2H3/t19-,23+. The second-order valence-electron chi connectivity index (χ2n) is 9.45. The number of esters is 1. The first-order valence-electron chi connectivity index (χ1n) is 12.1. The number of aldehydes is 1. The van der Waals surface area contributed by atoms with Gasteiger partial charge in [0.1, 0.15) is 5.75 Å². The number of hydrogen-bond donors (Lipinski definition) is 0. The van der Waals surface area contributed by atoms with E-state index in [-0.39, 0.29) is 18.0 Å². The summed E-state index contributed by atoms with van der Waals surface area (Å²) in [7, 11) is 0. The van der Waals surface area contributed by atoms with Crippen LogP contribution < -0.4 is 4.74 Å². The highest BCUT2D eigenvalue weighted by Crippen LogP contribution is 2.32. The summed E-state index contributed by atoms with van der Waals surface area (Å²) < 4.78 is 11.4. The first-order chi connectivity index (χ1) is 15.6. The molecule has 2 aromatic rings. The molecule has 32 heavy (non-hydrogen) atoms. The van der Waals surface area contributed by atoms with Crippen LogP contribution in [0.3, 0.4) is 0 Å². The molecule has 1 saturated carbocycles. The van der Waals surface area contributed by atoms with E-state index in [0.717, 1.165) is 68.3 Å². The lowest BCUT2D eigenvalue weighted by Gasteiger charge is -2.30. The topological polar surface area (TPSA) is 55.8 Å². The zero-order valence-corrected chi connectivity index (χ0v) is 19.3. The average Bonchev–Trinajstić information content (AvgIpc) is 2.81. The lowest BCUT2D eigenvalue weighted by Crippen LogP contribution is -2.36. The molecule has 0 amide bonds. The fourth-order valence-corrected chi connectivity index (χ4v) is 5.08. The number of rotatable bonds is 7. The zero-order valence-electron chi connectivity index (χ0n) is 19.3. The highest BCUT2D eigenvalue weighted by Gasteiger charge is 2.26. The molecule has 2 aliphatic rings. The number of piperidine rings is 1. The van der Waals surface area contributed by atoms with Gasteiger partial charge in [0, 0.05) is 6.54 Å². The number of fused-ring (bicyclic) bond motifs is 1. The van der Waals surface area contributed by atoms with Gasteiger partial charge in [-0.1, -0.05) is 25.1 Å². The third-order valence-corrected chi connectivity index (χ3v) is 7.07. The number of carbonyl (C=O) groups excluding carboxylic acids is 2. The average molecular weight is 438 g/mol. The third kappa shape index (κ3) is 5.32. The molecule has 1 aliphatic heterocycles. The molecule has 172 valence electrons. The van der Waals surface area contributed by atoms with Crippen molar-refractivity contribution in [2.45, 2.75) is 65.0 Å². The number of carbonyl (C=O) groups is 2. The predicted octanol–water partition coefficient (Wildman–Crippen LogP) is 5.38. The Labute approximate surface area is 191 Å². The molecule has 0 atom stereocenters. The Morgan fingerprint density at radius 3 is 2.50 bits per heavy atom. The Balaban J connectivity index is 1.42. The molecule has 4 rings (SSSR count). The van der Waals surface area contributed by atoms with E-state index in [1.165, 1.54) is 18.4 Å². The molecule has 1 heterocycles. The van der Waals surface area contributed by atoms with Gasteiger partial charge < -0.3 is 9.47 Å². The van der Waals surface area contributed by atoms with Crippen molar-refractivity contribution < 1.29 is 19.1 Å². The van der Waals surface area contributed by atoms with E-state index in [9.17, 15) is 9.59 Å². The van der Waals surface area contributed by atoms with E-state index in [1.807, 2.05) is 13.0 Å². The van der Waals surface area contributed by atoms with Crippen LogP contribution in [0.15, 0.2) is 30.3 Å². The highest BCUT2D eigenvalue weighted by atomic mass is 16.5. The minimum absolute atomic E-state index is 0.0313. The lowest BCUT2D eigenvalue weighted by molar-refractivity contribution is -0.149. The van der Waals surface area contributed by atoms with Gasteiger partial charge in [-0.3, -0.25) is 14.5 Å². The van der Waals surface area contributed by atoms with Crippen LogP contribution in [0, 0.1) is 11.8 Å². The number of benzene rings is 2. The van der Waals surface area contributed by atoms with E-state index in [0.29, 0.717) is 17.9 Å². The van der Waals surface area contributed by atoms with Crippen molar-refractivity contribution in [3.63, 3.8) is 0 Å². The molecular formula is C27H35NO4. The van der Waals surface area contributed by atoms with Gasteiger partial charge in [0.25, 0.3) is 0 Å². The van der Waals surface area contributed by atoms with Crippen LogP contribution in [-0.2, 0) is 16.1 Å². The zero-order chi connectivity index (χ0) is 22.5. The van der Waals surface area contributed by atoms with E-state index < -0.39 is 0 Å². The Hall–Kier alpha value is -2.40. The molecule has 0 aromatic heterocycles. The smallest absolute Gasteiger partial charge is 0.309 e. The SMILES string of the molecule is CCOC(=O)C1CCN(Cc2ccc3c(C=O)c(O[C@H]4CC[C@@H](C)CC4)ccc3c2)CC1. The van der Waals surface area contributed by atoms with Crippen molar-refractivity contribution in [1.29, 1.82) is 0 Å². The minimum atomic E-state index is -0.0555. The number of nitrogens with zero attached hydrogens (tertiary/aromatic N) is 1. The molecule has 1 saturated heterocycles. The lowest BCUT2D eigenvalue weighted by atomic mass is 9.89. The largest absolute Gasteiger partial charge is 0.490 e. The number of hydrogen-bond acceptors (Lipinski definition) is 5. The fourth-order valence-electron chi connectivity index (χ4n) is 5.08. The molecule has 0 radical (unpaired) electrons. The number of ether oxygens (including phenoxy) is 2. The quantitative estimate of drug-likeness (QED) is 0.430. The van der Waals surface area contributed by atoms with Gasteiger partial charge in [0.2, 0.25) is 0 Å². The highest BCUT2D eigenvalue weighted by molar-refractivity contribution is 6.01. The minimum Gasteiger partial charge on any atom is -0.490 e. The summed E-state index contributed by atoms with van der Waals surface area (Å²) in [6.45, 7) is 7.24. The van der Waals surface area contributed by atoms with Gasteiger partial charge in [-0.2, -0.15) is 0 Å². The third-order valence-electron chi connectivity index (χ3n) is 7.07. The van der Waals surface area contributed by atoms with E-state index in [2.05, 4.69) is 36.1 Å². The van der Waals surface area contributed by atoms with Gasteiger partial charge in [0.15, 0.2) is 6.29 Å². The second-order valence-corrected chi connectivity index (χ2v) is 9.45. The Morgan fingerprint density at radius 1 is 1.06 bits per heavy atom. The summed E-state index contributed by atoms with van der Waals surface area (Å²) in [6, 6.07) is 10.4. The van der Waals surface area contributed by atoms with Gasteiger partial charge in [-0.05, 0) is 92.9 Å². The predicted molar refractivity (Wildman–Crippen MR) is 126 cm³/mol. The van der Waals surface area contributed by atoms with Crippen LogP contribution >= 0.6 is 0 Å². The van der Waals surface area contributed by atoms with Crippen LogP contribution in [0.25, 0.3) is 10.8 Å². The summed E-state index contributed by atoms with van der Waals surface area (Å²) in [5.41, 5.74) is 1.88. The van der Waals surface area contributed by atoms with E-state index >= 15 is 0 Å². The second kappa shape index (κ2) is 10.5. The maximum atomic E-state index is 12.0. The summed E-state index contributed by atoms with van der Waals surface area (Å²) in [5.74, 6) is 1.45. The molecule has 0 unspecified atom stereocenters. The summed E-state index contributed by atoms with van der Waals surface area (Å²) >= 11 is 0. The van der Waals surface area contributed by atoms with Gasteiger partial charge >= 0.3 is 5.97 Å². The molecule has 0 spiro atoms. The van der Waals surface area contributed by atoms with Crippen LogP contribution in [-0.4, -0.2) is 43.0 Å². The Bertz CT molecular complexity index is 940.